The molecule has 2 aromatic rings. The van der Waals surface area contributed by atoms with Gasteiger partial charge < -0.3 is 4.74 Å². The van der Waals surface area contributed by atoms with Crippen LogP contribution in [-0.4, -0.2) is 4.98 Å². The van der Waals surface area contributed by atoms with Gasteiger partial charge in [-0.1, -0.05) is 17.7 Å². The van der Waals surface area contributed by atoms with Gasteiger partial charge in [-0.25, -0.2) is 0 Å². The number of ether oxygens (including phenoxy) is 1. The maximum Gasteiger partial charge on any atom is 0.145 e. The molecule has 0 unspecified atom stereocenters. The van der Waals surface area contributed by atoms with E-state index in [9.17, 15) is 0 Å². The van der Waals surface area contributed by atoms with Gasteiger partial charge in [-0.2, -0.15) is 0 Å². The lowest BCUT2D eigenvalue weighted by Gasteiger charge is -2.09. The van der Waals surface area contributed by atoms with E-state index in [2.05, 4.69) is 4.98 Å². The molecule has 0 N–H and O–H groups in total. The van der Waals surface area contributed by atoms with E-state index in [4.69, 9.17) is 27.9 Å². The summed E-state index contributed by atoms with van der Waals surface area (Å²) in [7, 11) is 0. The molecule has 0 radical (unpaired) electrons. The summed E-state index contributed by atoms with van der Waals surface area (Å²) in [6.45, 7) is 1.92. The first-order chi connectivity index (χ1) is 8.19. The van der Waals surface area contributed by atoms with Gasteiger partial charge in [0.2, 0.25) is 0 Å². The Balaban J connectivity index is 2.28. The van der Waals surface area contributed by atoms with Crippen LogP contribution in [0.25, 0.3) is 0 Å². The lowest BCUT2D eigenvalue weighted by atomic mass is 10.2. The Hall–Kier alpha value is -1.25. The van der Waals surface area contributed by atoms with Crippen molar-refractivity contribution in [2.24, 2.45) is 0 Å². The molecular formula is C13H11Cl2NO. The van der Waals surface area contributed by atoms with E-state index < -0.39 is 0 Å². The number of hydrogen-bond donors (Lipinski definition) is 0. The largest absolute Gasteiger partial charge is 0.455 e. The number of pyridine rings is 1. The van der Waals surface area contributed by atoms with Gasteiger partial charge >= 0.3 is 0 Å². The average Bonchev–Trinajstić information content (AvgIpc) is 2.32. The third-order valence-electron chi connectivity index (χ3n) is 2.29. The van der Waals surface area contributed by atoms with E-state index in [1.165, 1.54) is 0 Å². The Morgan fingerprint density at radius 3 is 2.71 bits per heavy atom. The highest BCUT2D eigenvalue weighted by molar-refractivity contribution is 6.30. The molecule has 1 heterocycles. The molecule has 1 aromatic carbocycles. The Kier molecular flexibility index (Phi) is 3.87. The summed E-state index contributed by atoms with van der Waals surface area (Å²) in [5.41, 5.74) is 1.85. The summed E-state index contributed by atoms with van der Waals surface area (Å²) in [6, 6.07) is 9.15. The van der Waals surface area contributed by atoms with E-state index in [0.29, 0.717) is 22.4 Å². The van der Waals surface area contributed by atoms with Crippen molar-refractivity contribution in [2.45, 2.75) is 12.8 Å². The zero-order valence-electron chi connectivity index (χ0n) is 9.28. The first kappa shape index (κ1) is 12.2. The van der Waals surface area contributed by atoms with Crippen LogP contribution in [0.5, 0.6) is 11.5 Å². The van der Waals surface area contributed by atoms with Crippen molar-refractivity contribution in [1.29, 1.82) is 0 Å². The highest BCUT2D eigenvalue weighted by Gasteiger charge is 2.05. The van der Waals surface area contributed by atoms with Crippen LogP contribution in [-0.2, 0) is 5.88 Å². The predicted molar refractivity (Wildman–Crippen MR) is 70.1 cm³/mol. The minimum atomic E-state index is 0.381. The summed E-state index contributed by atoms with van der Waals surface area (Å²) < 4.78 is 5.70. The minimum Gasteiger partial charge on any atom is -0.455 e. The summed E-state index contributed by atoms with van der Waals surface area (Å²) in [6.07, 6.45) is 1.67. The Labute approximate surface area is 110 Å². The number of hydrogen-bond acceptors (Lipinski definition) is 2. The normalized spacial score (nSPS) is 10.3. The fraction of sp³-hybridized carbons (Fsp3) is 0.154. The summed E-state index contributed by atoms with van der Waals surface area (Å²) >= 11 is 11.8. The zero-order chi connectivity index (χ0) is 12.3. The second-order valence-corrected chi connectivity index (χ2v) is 4.33. The first-order valence-corrected chi connectivity index (χ1v) is 6.05. The third kappa shape index (κ3) is 3.11. The van der Waals surface area contributed by atoms with E-state index in [1.54, 1.807) is 18.3 Å². The maximum absolute atomic E-state index is 5.93. The first-order valence-electron chi connectivity index (χ1n) is 5.14. The second kappa shape index (κ2) is 5.39. The Morgan fingerprint density at radius 1 is 1.24 bits per heavy atom. The topological polar surface area (TPSA) is 22.1 Å². The smallest absolute Gasteiger partial charge is 0.145 e. The minimum absolute atomic E-state index is 0.381. The number of aryl methyl sites for hydroxylation is 1. The molecule has 0 saturated carbocycles. The Bertz CT molecular complexity index is 511. The molecular weight excluding hydrogens is 257 g/mol. The average molecular weight is 268 g/mol. The molecule has 88 valence electrons. The second-order valence-electron chi connectivity index (χ2n) is 3.62. The van der Waals surface area contributed by atoms with Crippen LogP contribution in [0, 0.1) is 6.92 Å². The van der Waals surface area contributed by atoms with Crippen molar-refractivity contribution >= 4 is 23.2 Å². The number of benzene rings is 1. The quantitative estimate of drug-likeness (QED) is 0.760. The molecule has 2 nitrogen and oxygen atoms in total. The molecule has 0 fully saturated rings. The van der Waals surface area contributed by atoms with Crippen LogP contribution >= 0.6 is 23.2 Å². The van der Waals surface area contributed by atoms with Gasteiger partial charge in [0, 0.05) is 16.3 Å². The fourth-order valence-electron chi connectivity index (χ4n) is 1.38. The van der Waals surface area contributed by atoms with Gasteiger partial charge in [-0.15, -0.1) is 11.6 Å². The van der Waals surface area contributed by atoms with Crippen molar-refractivity contribution in [1.82, 2.24) is 4.98 Å². The molecule has 1 aromatic heterocycles. The van der Waals surface area contributed by atoms with E-state index in [1.807, 2.05) is 25.1 Å². The molecule has 0 amide bonds. The summed E-state index contributed by atoms with van der Waals surface area (Å²) in [5, 5.41) is 0.619. The van der Waals surface area contributed by atoms with Crippen LogP contribution in [0.4, 0.5) is 0 Å². The molecule has 0 saturated heterocycles. The molecule has 0 aliphatic heterocycles. The number of aromatic nitrogens is 1. The summed E-state index contributed by atoms with van der Waals surface area (Å²) in [5.74, 6) is 1.72. The Morgan fingerprint density at radius 2 is 2.06 bits per heavy atom. The monoisotopic (exact) mass is 267 g/mol. The fourth-order valence-corrected chi connectivity index (χ4v) is 1.76. The van der Waals surface area contributed by atoms with Crippen LogP contribution in [0.15, 0.2) is 36.5 Å². The van der Waals surface area contributed by atoms with Gasteiger partial charge in [-0.05, 0) is 31.2 Å². The number of nitrogens with zero attached hydrogens (tertiary/aromatic N) is 1. The molecule has 0 aliphatic carbocycles. The van der Waals surface area contributed by atoms with Gasteiger partial charge in [-0.3, -0.25) is 4.98 Å². The third-order valence-corrected chi connectivity index (χ3v) is 2.81. The molecule has 17 heavy (non-hydrogen) atoms. The van der Waals surface area contributed by atoms with Gasteiger partial charge in [0.25, 0.3) is 0 Å². The number of alkyl halides is 1. The van der Waals surface area contributed by atoms with E-state index >= 15 is 0 Å². The SMILES string of the molecule is Cc1ccc(Oc2cc(Cl)ccc2CCl)cn1. The van der Waals surface area contributed by atoms with Gasteiger partial charge in [0.05, 0.1) is 12.1 Å². The van der Waals surface area contributed by atoms with Crippen molar-refractivity contribution in [3.63, 3.8) is 0 Å². The lowest BCUT2D eigenvalue weighted by molar-refractivity contribution is 0.476. The van der Waals surface area contributed by atoms with Crippen LogP contribution in [0.1, 0.15) is 11.3 Å². The van der Waals surface area contributed by atoms with Crippen LogP contribution in [0.3, 0.4) is 0 Å². The molecule has 0 bridgehead atoms. The van der Waals surface area contributed by atoms with Gasteiger partial charge in [0.1, 0.15) is 11.5 Å². The predicted octanol–water partition coefficient (Wildman–Crippen LogP) is 4.57. The molecule has 0 atom stereocenters. The lowest BCUT2D eigenvalue weighted by Crippen LogP contribution is -1.91. The zero-order valence-corrected chi connectivity index (χ0v) is 10.8. The molecule has 4 heteroatoms. The van der Waals surface area contributed by atoms with Crippen LogP contribution < -0.4 is 4.74 Å². The molecule has 0 spiro atoms. The standard InChI is InChI=1S/C13H11Cl2NO/c1-9-2-5-12(8-16-9)17-13-6-11(15)4-3-10(13)7-14/h2-6,8H,7H2,1H3. The van der Waals surface area contributed by atoms with Crippen molar-refractivity contribution in [2.75, 3.05) is 0 Å². The van der Waals surface area contributed by atoms with E-state index in [0.717, 1.165) is 11.3 Å². The highest BCUT2D eigenvalue weighted by Crippen LogP contribution is 2.29. The van der Waals surface area contributed by atoms with Gasteiger partial charge in [0.15, 0.2) is 0 Å². The number of rotatable bonds is 3. The summed E-state index contributed by atoms with van der Waals surface area (Å²) in [4.78, 5) is 4.16. The molecule has 2 rings (SSSR count). The number of halogens is 2. The van der Waals surface area contributed by atoms with Crippen molar-refractivity contribution in [3.8, 4) is 11.5 Å². The van der Waals surface area contributed by atoms with E-state index in [-0.39, 0.29) is 0 Å². The van der Waals surface area contributed by atoms with Crippen LogP contribution in [0.2, 0.25) is 5.02 Å². The van der Waals surface area contributed by atoms with Crippen molar-refractivity contribution in [3.05, 3.63) is 52.8 Å². The maximum atomic E-state index is 5.93. The highest BCUT2D eigenvalue weighted by atomic mass is 35.5. The van der Waals surface area contributed by atoms with Crippen molar-refractivity contribution < 1.29 is 4.74 Å². The molecule has 0 aliphatic rings.